The highest BCUT2D eigenvalue weighted by molar-refractivity contribution is 7.92. The number of rotatable bonds is 7. The molecule has 0 fully saturated rings. The number of ether oxygens (including phenoxy) is 1. The van der Waals surface area contributed by atoms with Crippen molar-refractivity contribution in [3.8, 4) is 5.75 Å². The van der Waals surface area contributed by atoms with Crippen LogP contribution in [0.1, 0.15) is 6.42 Å². The Balaban J connectivity index is 2.93. The summed E-state index contributed by atoms with van der Waals surface area (Å²) in [5.74, 6) is -2.42. The fraction of sp³-hybridized carbons (Fsp3) is 0.300. The van der Waals surface area contributed by atoms with Gasteiger partial charge in [0.15, 0.2) is 5.75 Å². The smallest absolute Gasteiger partial charge is 0.387 e. The number of benzene rings is 1. The Bertz CT molecular complexity index is 615. The van der Waals surface area contributed by atoms with Crippen LogP contribution >= 0.6 is 23.2 Å². The third-order valence-corrected chi connectivity index (χ3v) is 3.91. The summed E-state index contributed by atoms with van der Waals surface area (Å²) in [5.41, 5.74) is -0.1000. The molecule has 1 aromatic carbocycles. The highest BCUT2D eigenvalue weighted by Gasteiger charge is 2.17. The van der Waals surface area contributed by atoms with Gasteiger partial charge in [0.25, 0.3) is 0 Å². The molecule has 1 aromatic rings. The van der Waals surface area contributed by atoms with E-state index < -0.39 is 40.5 Å². The van der Waals surface area contributed by atoms with Gasteiger partial charge >= 0.3 is 12.6 Å². The molecular formula is C10H9Cl2F2NO5S. The summed E-state index contributed by atoms with van der Waals surface area (Å²) in [6.07, 6.45) is -0.594. The van der Waals surface area contributed by atoms with E-state index in [0.29, 0.717) is 0 Å². The normalized spacial score (nSPS) is 11.5. The molecule has 0 aliphatic heterocycles. The summed E-state index contributed by atoms with van der Waals surface area (Å²) in [6.45, 7) is -3.14. The fourth-order valence-electron chi connectivity index (χ4n) is 1.27. The fourth-order valence-corrected chi connectivity index (χ4v) is 2.87. The predicted octanol–water partition coefficient (Wildman–Crippen LogP) is 2.81. The number of aliphatic carboxylic acids is 1. The molecule has 0 bridgehead atoms. The molecule has 0 unspecified atom stereocenters. The maximum atomic E-state index is 12.1. The van der Waals surface area contributed by atoms with E-state index in [0.717, 1.165) is 12.1 Å². The third-order valence-electron chi connectivity index (χ3n) is 2.06. The van der Waals surface area contributed by atoms with E-state index in [1.54, 1.807) is 0 Å². The molecule has 0 spiro atoms. The number of anilines is 1. The first-order valence-electron chi connectivity index (χ1n) is 5.27. The zero-order valence-corrected chi connectivity index (χ0v) is 12.5. The quantitative estimate of drug-likeness (QED) is 0.776. The number of nitrogens with one attached hydrogen (secondary N) is 1. The van der Waals surface area contributed by atoms with Crippen molar-refractivity contribution in [3.63, 3.8) is 0 Å². The molecule has 0 saturated heterocycles. The van der Waals surface area contributed by atoms with Crippen molar-refractivity contribution < 1.29 is 31.8 Å². The summed E-state index contributed by atoms with van der Waals surface area (Å²) < 4.78 is 53.5. The minimum Gasteiger partial charge on any atom is -0.481 e. The van der Waals surface area contributed by atoms with E-state index in [-0.39, 0.29) is 15.7 Å². The second kappa shape index (κ2) is 7.10. The minimum absolute atomic E-state index is 0.1000. The number of carboxylic acids is 1. The second-order valence-electron chi connectivity index (χ2n) is 3.71. The van der Waals surface area contributed by atoms with Crippen LogP contribution in [0.5, 0.6) is 5.75 Å². The Labute approximate surface area is 128 Å². The van der Waals surface area contributed by atoms with Gasteiger partial charge in [-0.15, -0.1) is 0 Å². The van der Waals surface area contributed by atoms with E-state index in [2.05, 4.69) is 4.74 Å². The standard InChI is InChI=1S/C10H9Cl2F2NO5S/c11-6-3-5(4-7(12)9(6)20-10(13)14)15-21(18,19)2-1-8(16)17/h3-4,10,15H,1-2H2,(H,16,17). The van der Waals surface area contributed by atoms with Crippen LogP contribution in [-0.4, -0.2) is 31.9 Å². The summed E-state index contributed by atoms with van der Waals surface area (Å²) >= 11 is 11.3. The summed E-state index contributed by atoms with van der Waals surface area (Å²) in [7, 11) is -3.94. The molecule has 11 heteroatoms. The van der Waals surface area contributed by atoms with Crippen molar-refractivity contribution in [1.82, 2.24) is 0 Å². The number of sulfonamides is 1. The number of hydrogen-bond acceptors (Lipinski definition) is 4. The van der Waals surface area contributed by atoms with E-state index in [1.807, 2.05) is 4.72 Å². The first kappa shape index (κ1) is 17.7. The molecular weight excluding hydrogens is 355 g/mol. The Morgan fingerprint density at radius 3 is 2.29 bits per heavy atom. The summed E-state index contributed by atoms with van der Waals surface area (Å²) in [4.78, 5) is 10.3. The maximum Gasteiger partial charge on any atom is 0.387 e. The van der Waals surface area contributed by atoms with Gasteiger partial charge in [-0.25, -0.2) is 8.42 Å². The van der Waals surface area contributed by atoms with E-state index in [4.69, 9.17) is 28.3 Å². The Morgan fingerprint density at radius 1 is 1.33 bits per heavy atom. The van der Waals surface area contributed by atoms with Crippen molar-refractivity contribution in [2.45, 2.75) is 13.0 Å². The third kappa shape index (κ3) is 5.90. The average molecular weight is 364 g/mol. The number of halogens is 4. The number of carboxylic acid groups (broad SMARTS) is 1. The van der Waals surface area contributed by atoms with Gasteiger partial charge < -0.3 is 9.84 Å². The van der Waals surface area contributed by atoms with Crippen molar-refractivity contribution in [2.24, 2.45) is 0 Å². The number of carbonyl (C=O) groups is 1. The lowest BCUT2D eigenvalue weighted by Gasteiger charge is -2.12. The Hall–Kier alpha value is -1.32. The average Bonchev–Trinajstić information content (AvgIpc) is 2.31. The lowest BCUT2D eigenvalue weighted by Crippen LogP contribution is -2.19. The molecule has 118 valence electrons. The molecule has 1 rings (SSSR count). The zero-order valence-electron chi connectivity index (χ0n) is 10.1. The summed E-state index contributed by atoms with van der Waals surface area (Å²) in [5, 5.41) is 7.79. The molecule has 0 radical (unpaired) electrons. The molecule has 2 N–H and O–H groups in total. The largest absolute Gasteiger partial charge is 0.481 e. The highest BCUT2D eigenvalue weighted by atomic mass is 35.5. The van der Waals surface area contributed by atoms with Gasteiger partial charge in [0.05, 0.1) is 27.9 Å². The van der Waals surface area contributed by atoms with Crippen LogP contribution in [0.15, 0.2) is 12.1 Å². The minimum atomic E-state index is -3.94. The highest BCUT2D eigenvalue weighted by Crippen LogP contribution is 2.37. The van der Waals surface area contributed by atoms with Crippen LogP contribution in [-0.2, 0) is 14.8 Å². The van der Waals surface area contributed by atoms with Gasteiger partial charge in [-0.2, -0.15) is 8.78 Å². The number of hydrogen-bond donors (Lipinski definition) is 2. The van der Waals surface area contributed by atoms with Gasteiger partial charge in [0.1, 0.15) is 0 Å². The van der Waals surface area contributed by atoms with E-state index in [9.17, 15) is 22.0 Å². The van der Waals surface area contributed by atoms with Crippen LogP contribution in [0.4, 0.5) is 14.5 Å². The SMILES string of the molecule is O=C(O)CCS(=O)(=O)Nc1cc(Cl)c(OC(F)F)c(Cl)c1. The van der Waals surface area contributed by atoms with Crippen LogP contribution in [0.2, 0.25) is 10.0 Å². The molecule has 21 heavy (non-hydrogen) atoms. The molecule has 0 aromatic heterocycles. The van der Waals surface area contributed by atoms with Crippen molar-refractivity contribution >= 4 is 44.9 Å². The van der Waals surface area contributed by atoms with Crippen LogP contribution in [0.25, 0.3) is 0 Å². The molecule has 0 heterocycles. The predicted molar refractivity (Wildman–Crippen MR) is 72.8 cm³/mol. The molecule has 0 amide bonds. The van der Waals surface area contributed by atoms with Gasteiger partial charge in [-0.05, 0) is 12.1 Å². The maximum absolute atomic E-state index is 12.1. The van der Waals surface area contributed by atoms with Crippen LogP contribution < -0.4 is 9.46 Å². The molecule has 0 saturated carbocycles. The van der Waals surface area contributed by atoms with Crippen molar-refractivity contribution in [3.05, 3.63) is 22.2 Å². The summed E-state index contributed by atoms with van der Waals surface area (Å²) in [6, 6.07) is 2.03. The zero-order chi connectivity index (χ0) is 16.2. The monoisotopic (exact) mass is 363 g/mol. The van der Waals surface area contributed by atoms with Crippen LogP contribution in [0.3, 0.4) is 0 Å². The molecule has 0 atom stereocenters. The first-order valence-corrected chi connectivity index (χ1v) is 7.67. The number of alkyl halides is 2. The lowest BCUT2D eigenvalue weighted by molar-refractivity contribution is -0.136. The van der Waals surface area contributed by atoms with Gasteiger partial charge in [0.2, 0.25) is 10.0 Å². The first-order chi connectivity index (χ1) is 9.60. The molecule has 6 nitrogen and oxygen atoms in total. The van der Waals surface area contributed by atoms with Gasteiger partial charge in [0, 0.05) is 0 Å². The topological polar surface area (TPSA) is 92.7 Å². The lowest BCUT2D eigenvalue weighted by atomic mass is 10.3. The molecule has 0 aliphatic rings. The Kier molecular flexibility index (Phi) is 5.99. The Morgan fingerprint density at radius 2 is 1.86 bits per heavy atom. The van der Waals surface area contributed by atoms with Gasteiger partial charge in [-0.1, -0.05) is 23.2 Å². The van der Waals surface area contributed by atoms with E-state index >= 15 is 0 Å². The van der Waals surface area contributed by atoms with E-state index in [1.165, 1.54) is 0 Å². The van der Waals surface area contributed by atoms with Crippen LogP contribution in [0, 0.1) is 0 Å². The second-order valence-corrected chi connectivity index (χ2v) is 6.37. The van der Waals surface area contributed by atoms with Gasteiger partial charge in [-0.3, -0.25) is 9.52 Å². The molecule has 0 aliphatic carbocycles. The van der Waals surface area contributed by atoms with Crippen molar-refractivity contribution in [1.29, 1.82) is 0 Å². The van der Waals surface area contributed by atoms with Crippen molar-refractivity contribution in [2.75, 3.05) is 10.5 Å².